The fourth-order valence-electron chi connectivity index (χ4n) is 6.02. The number of nitrogens with one attached hydrogen (secondary N) is 5. The van der Waals surface area contributed by atoms with Gasteiger partial charge in [-0.1, -0.05) is 36.4 Å². The maximum absolute atomic E-state index is 15.1. The number of rotatable bonds is 7. The number of carbonyl (C=O) groups is 6. The normalized spacial score (nSPS) is 21.2. The number of amides is 6. The van der Waals surface area contributed by atoms with Crippen molar-refractivity contribution >= 4 is 35.4 Å². The van der Waals surface area contributed by atoms with E-state index in [2.05, 4.69) is 26.6 Å². The molecule has 6 amide bonds. The van der Waals surface area contributed by atoms with E-state index in [-0.39, 0.29) is 30.7 Å². The molecule has 1 saturated heterocycles. The van der Waals surface area contributed by atoms with E-state index >= 15 is 4.39 Å². The molecule has 0 spiro atoms. The fraction of sp³-hybridized carbons (Fsp3) is 0.351. The van der Waals surface area contributed by atoms with E-state index in [1.54, 1.807) is 44.2 Å². The van der Waals surface area contributed by atoms with Gasteiger partial charge in [0.15, 0.2) is 0 Å². The highest BCUT2D eigenvalue weighted by Crippen LogP contribution is 2.24. The van der Waals surface area contributed by atoms with E-state index in [1.807, 2.05) is 0 Å². The molecule has 5 atom stereocenters. The van der Waals surface area contributed by atoms with Gasteiger partial charge < -0.3 is 43.2 Å². The molecule has 282 valence electrons. The Morgan fingerprint density at radius 1 is 0.887 bits per heavy atom. The molecule has 0 unspecified atom stereocenters. The van der Waals surface area contributed by atoms with Crippen LogP contribution in [0.25, 0.3) is 0 Å². The molecular weight excluding hydrogens is 692 g/mol. The number of carbonyl (C=O) groups excluding carboxylic acids is 6. The molecule has 0 saturated carbocycles. The topological polar surface area (TPSA) is 235 Å². The maximum Gasteiger partial charge on any atom is 0.248 e. The van der Waals surface area contributed by atoms with E-state index in [9.17, 15) is 38.3 Å². The highest BCUT2D eigenvalue weighted by Gasteiger charge is 2.35. The standard InChI is InChI=1S/C37H43F2N7O7/c1-19-14-23(47)15-20(2)25(19)17-27(40)34(50)43-28-10-6-7-13-42-30(48)18-29(33(41)49)44-37(53)32(24-12-11-22(38)16-26(24)39)46-36(52)31(45-35(28)51)21-8-4-3-5-9-21/h3-5,8-9,11-12,14-16,27-29,31-32,47H,6-7,10,13,17-18,40H2,1-2H3,(H2,41,49)(H,42,48)(H,43,50)(H,44,53)(H,45,51)(H,46,52)/t27-,28+,29-,31-,32-/m0/s1. The van der Waals surface area contributed by atoms with E-state index in [1.165, 1.54) is 12.1 Å². The third-order valence-corrected chi connectivity index (χ3v) is 8.87. The number of phenols is 1. The fourth-order valence-corrected chi connectivity index (χ4v) is 6.02. The molecular formula is C37H43F2N7O7. The van der Waals surface area contributed by atoms with Crippen molar-refractivity contribution in [2.24, 2.45) is 11.5 Å². The van der Waals surface area contributed by atoms with Gasteiger partial charge in [-0.3, -0.25) is 28.8 Å². The number of primary amides is 1. The van der Waals surface area contributed by atoms with Crippen LogP contribution in [0.3, 0.4) is 0 Å². The van der Waals surface area contributed by atoms with Gasteiger partial charge in [0.25, 0.3) is 0 Å². The highest BCUT2D eigenvalue weighted by atomic mass is 19.1. The van der Waals surface area contributed by atoms with Gasteiger partial charge in [0, 0.05) is 18.2 Å². The van der Waals surface area contributed by atoms with Crippen molar-refractivity contribution in [3.8, 4) is 5.75 Å². The van der Waals surface area contributed by atoms with Gasteiger partial charge in [-0.15, -0.1) is 0 Å². The first kappa shape index (κ1) is 39.9. The zero-order valence-corrected chi connectivity index (χ0v) is 29.2. The quantitative estimate of drug-likeness (QED) is 0.174. The first-order valence-electron chi connectivity index (χ1n) is 17.0. The second-order valence-corrected chi connectivity index (χ2v) is 12.9. The van der Waals surface area contributed by atoms with Crippen LogP contribution in [0.15, 0.2) is 60.7 Å². The molecule has 1 heterocycles. The molecule has 1 fully saturated rings. The Bertz CT molecular complexity index is 1840. The van der Waals surface area contributed by atoms with Crippen molar-refractivity contribution < 1.29 is 42.7 Å². The lowest BCUT2D eigenvalue weighted by Crippen LogP contribution is -2.55. The molecule has 16 heteroatoms. The molecule has 14 nitrogen and oxygen atoms in total. The van der Waals surface area contributed by atoms with Crippen LogP contribution in [0.4, 0.5) is 8.78 Å². The van der Waals surface area contributed by atoms with Crippen LogP contribution in [-0.2, 0) is 35.2 Å². The smallest absolute Gasteiger partial charge is 0.248 e. The zero-order valence-electron chi connectivity index (χ0n) is 29.2. The van der Waals surface area contributed by atoms with Crippen molar-refractivity contribution in [3.05, 3.63) is 100 Å². The number of aromatic hydroxyl groups is 1. The summed E-state index contributed by atoms with van der Waals surface area (Å²) in [6.45, 7) is 3.63. The summed E-state index contributed by atoms with van der Waals surface area (Å²) < 4.78 is 29.0. The van der Waals surface area contributed by atoms with Gasteiger partial charge in [-0.2, -0.15) is 0 Å². The number of aryl methyl sites for hydroxylation is 2. The zero-order chi connectivity index (χ0) is 38.8. The minimum Gasteiger partial charge on any atom is -0.508 e. The molecule has 3 aromatic rings. The Kier molecular flexibility index (Phi) is 13.6. The van der Waals surface area contributed by atoms with E-state index < -0.39 is 89.3 Å². The number of benzene rings is 3. The van der Waals surface area contributed by atoms with Crippen molar-refractivity contribution in [3.63, 3.8) is 0 Å². The van der Waals surface area contributed by atoms with Crippen molar-refractivity contribution in [2.45, 2.75) is 76.2 Å². The van der Waals surface area contributed by atoms with Gasteiger partial charge in [0.1, 0.15) is 41.6 Å². The number of nitrogens with two attached hydrogens (primary N) is 2. The first-order chi connectivity index (χ1) is 25.1. The summed E-state index contributed by atoms with van der Waals surface area (Å²) in [5.41, 5.74) is 13.7. The average Bonchev–Trinajstić information content (AvgIpc) is 3.10. The molecule has 0 bridgehead atoms. The Balaban J connectivity index is 1.69. The maximum atomic E-state index is 15.1. The van der Waals surface area contributed by atoms with Crippen LogP contribution in [0, 0.1) is 25.5 Å². The van der Waals surface area contributed by atoms with Crippen LogP contribution < -0.4 is 38.1 Å². The van der Waals surface area contributed by atoms with Gasteiger partial charge in [-0.25, -0.2) is 8.78 Å². The predicted octanol–water partition coefficient (Wildman–Crippen LogP) is 1.02. The Labute approximate surface area is 304 Å². The van der Waals surface area contributed by atoms with Crippen LogP contribution in [0.5, 0.6) is 5.75 Å². The summed E-state index contributed by atoms with van der Waals surface area (Å²) in [6.07, 6.45) is 0.180. The molecule has 4 rings (SSSR count). The van der Waals surface area contributed by atoms with Crippen LogP contribution in [-0.4, -0.2) is 65.2 Å². The van der Waals surface area contributed by atoms with Gasteiger partial charge in [0.05, 0.1) is 12.5 Å². The minimum absolute atomic E-state index is 0.0495. The molecule has 53 heavy (non-hydrogen) atoms. The van der Waals surface area contributed by atoms with Crippen molar-refractivity contribution in [2.75, 3.05) is 6.54 Å². The Morgan fingerprint density at radius 3 is 2.17 bits per heavy atom. The van der Waals surface area contributed by atoms with E-state index in [0.717, 1.165) is 28.8 Å². The second kappa shape index (κ2) is 18.0. The SMILES string of the molecule is Cc1cc(O)cc(C)c1C[C@H](N)C(=O)N[C@@H]1CCCCNC(=O)C[C@@H](C(N)=O)NC(=O)[C@H](c2ccc(F)cc2F)NC(=O)[C@H](c2ccccc2)NC1=O. The minimum atomic E-state index is -1.90. The lowest BCUT2D eigenvalue weighted by Gasteiger charge is -2.27. The summed E-state index contributed by atoms with van der Waals surface area (Å²) in [5.74, 6) is -7.47. The average molecular weight is 736 g/mol. The van der Waals surface area contributed by atoms with Crippen LogP contribution in [0.1, 0.15) is 65.6 Å². The molecule has 0 radical (unpaired) electrons. The van der Waals surface area contributed by atoms with Crippen molar-refractivity contribution in [1.29, 1.82) is 0 Å². The Hall–Kier alpha value is -5.90. The molecule has 1 aliphatic heterocycles. The summed E-state index contributed by atoms with van der Waals surface area (Å²) in [4.78, 5) is 80.0. The number of hydrogen-bond acceptors (Lipinski definition) is 8. The molecule has 10 N–H and O–H groups in total. The van der Waals surface area contributed by atoms with E-state index in [0.29, 0.717) is 18.9 Å². The van der Waals surface area contributed by atoms with Crippen LogP contribution in [0.2, 0.25) is 0 Å². The summed E-state index contributed by atoms with van der Waals surface area (Å²) in [5, 5.41) is 22.5. The second-order valence-electron chi connectivity index (χ2n) is 12.9. The van der Waals surface area contributed by atoms with Crippen LogP contribution >= 0.6 is 0 Å². The Morgan fingerprint density at radius 2 is 1.53 bits per heavy atom. The lowest BCUT2D eigenvalue weighted by molar-refractivity contribution is -0.135. The molecule has 1 aliphatic rings. The summed E-state index contributed by atoms with van der Waals surface area (Å²) >= 11 is 0. The number of hydrogen-bond donors (Lipinski definition) is 8. The van der Waals surface area contributed by atoms with Gasteiger partial charge in [-0.05, 0) is 80.0 Å². The molecule has 0 aliphatic carbocycles. The monoisotopic (exact) mass is 735 g/mol. The third kappa shape index (κ3) is 10.8. The predicted molar refractivity (Wildman–Crippen MR) is 188 cm³/mol. The van der Waals surface area contributed by atoms with Gasteiger partial charge in [0.2, 0.25) is 35.4 Å². The highest BCUT2D eigenvalue weighted by molar-refractivity contribution is 5.97. The molecule has 0 aromatic heterocycles. The third-order valence-electron chi connectivity index (χ3n) is 8.87. The number of halogens is 2. The van der Waals surface area contributed by atoms with Gasteiger partial charge >= 0.3 is 0 Å². The summed E-state index contributed by atoms with van der Waals surface area (Å²) in [7, 11) is 0. The largest absolute Gasteiger partial charge is 0.508 e. The van der Waals surface area contributed by atoms with E-state index in [4.69, 9.17) is 11.5 Å². The number of phenolic OH excluding ortho intramolecular Hbond substituents is 1. The summed E-state index contributed by atoms with van der Waals surface area (Å²) in [6, 6.07) is 5.95. The van der Waals surface area contributed by atoms with Crippen molar-refractivity contribution in [1.82, 2.24) is 26.6 Å². The lowest BCUT2D eigenvalue weighted by atomic mass is 9.95. The first-order valence-corrected chi connectivity index (χ1v) is 17.0. The molecule has 3 aromatic carbocycles.